The second-order valence-corrected chi connectivity index (χ2v) is 5.28. The number of nitrogens with one attached hydrogen (secondary N) is 1. The molecule has 0 unspecified atom stereocenters. The lowest BCUT2D eigenvalue weighted by Crippen LogP contribution is -2.58. The summed E-state index contributed by atoms with van der Waals surface area (Å²) in [5.41, 5.74) is 0.569. The molecule has 1 aromatic carbocycles. The van der Waals surface area contributed by atoms with Crippen LogP contribution in [0.15, 0.2) is 24.3 Å². The van der Waals surface area contributed by atoms with E-state index < -0.39 is 6.04 Å². The van der Waals surface area contributed by atoms with Crippen molar-refractivity contribution >= 4 is 17.6 Å². The molecular weight excluding hydrogens is 300 g/mol. The van der Waals surface area contributed by atoms with E-state index in [1.807, 2.05) is 0 Å². The number of ether oxygens (including phenoxy) is 1. The number of ketones is 1. The van der Waals surface area contributed by atoms with Gasteiger partial charge in [-0.2, -0.15) is 0 Å². The van der Waals surface area contributed by atoms with Crippen LogP contribution in [0.2, 0.25) is 0 Å². The van der Waals surface area contributed by atoms with Crippen LogP contribution in [0, 0.1) is 0 Å². The quantitative estimate of drug-likeness (QED) is 0.718. The molecule has 2 amide bonds. The molecule has 1 aliphatic heterocycles. The number of carbonyl (C=O) groups is 3. The second kappa shape index (κ2) is 7.73. The van der Waals surface area contributed by atoms with Crippen molar-refractivity contribution < 1.29 is 24.2 Å². The number of hydrogen-bond donors (Lipinski definition) is 2. The van der Waals surface area contributed by atoms with Crippen LogP contribution in [0.4, 0.5) is 0 Å². The zero-order valence-corrected chi connectivity index (χ0v) is 12.9. The summed E-state index contributed by atoms with van der Waals surface area (Å²) in [6.07, 6.45) is 0.199. The Labute approximate surface area is 134 Å². The third kappa shape index (κ3) is 4.29. The van der Waals surface area contributed by atoms with Gasteiger partial charge in [0.1, 0.15) is 11.8 Å². The van der Waals surface area contributed by atoms with Gasteiger partial charge >= 0.3 is 0 Å². The molecule has 23 heavy (non-hydrogen) atoms. The van der Waals surface area contributed by atoms with E-state index in [0.29, 0.717) is 24.4 Å². The summed E-state index contributed by atoms with van der Waals surface area (Å²) < 4.78 is 5.42. The Morgan fingerprint density at radius 2 is 2.04 bits per heavy atom. The molecule has 0 spiro atoms. The SMILES string of the molecule is CC(=O)c1ccc(OCC(=O)N2CCNC(=O)[C@H]2CCO)cc1. The molecule has 0 aromatic heterocycles. The van der Waals surface area contributed by atoms with Crippen LogP contribution in [0.25, 0.3) is 0 Å². The van der Waals surface area contributed by atoms with Gasteiger partial charge in [-0.25, -0.2) is 0 Å². The van der Waals surface area contributed by atoms with E-state index in [0.717, 1.165) is 0 Å². The molecule has 2 N–H and O–H groups in total. The number of hydrogen-bond acceptors (Lipinski definition) is 5. The van der Waals surface area contributed by atoms with E-state index in [2.05, 4.69) is 5.32 Å². The summed E-state index contributed by atoms with van der Waals surface area (Å²) in [7, 11) is 0. The Kier molecular flexibility index (Phi) is 5.70. The first-order valence-electron chi connectivity index (χ1n) is 7.44. The monoisotopic (exact) mass is 320 g/mol. The van der Waals surface area contributed by atoms with Gasteiger partial charge in [0.05, 0.1) is 0 Å². The number of carbonyl (C=O) groups excluding carboxylic acids is 3. The van der Waals surface area contributed by atoms with Crippen molar-refractivity contribution in [2.24, 2.45) is 0 Å². The number of rotatable bonds is 6. The zero-order chi connectivity index (χ0) is 16.8. The standard InChI is InChI=1S/C16H20N2O5/c1-11(20)12-2-4-13(5-3-12)23-10-15(21)18-8-7-17-16(22)14(18)6-9-19/h2-5,14,19H,6-10H2,1H3,(H,17,22)/t14-/m1/s1. The van der Waals surface area contributed by atoms with Crippen LogP contribution >= 0.6 is 0 Å². The average Bonchev–Trinajstić information content (AvgIpc) is 2.55. The van der Waals surface area contributed by atoms with Crippen molar-refractivity contribution in [1.82, 2.24) is 10.2 Å². The molecule has 0 radical (unpaired) electrons. The summed E-state index contributed by atoms with van der Waals surface area (Å²) in [4.78, 5) is 36.7. The number of aliphatic hydroxyl groups is 1. The van der Waals surface area contributed by atoms with Crippen molar-refractivity contribution in [3.8, 4) is 5.75 Å². The van der Waals surface area contributed by atoms with Crippen molar-refractivity contribution in [2.45, 2.75) is 19.4 Å². The van der Waals surface area contributed by atoms with E-state index in [1.54, 1.807) is 24.3 Å². The van der Waals surface area contributed by atoms with Crippen molar-refractivity contribution in [1.29, 1.82) is 0 Å². The molecule has 1 fully saturated rings. The van der Waals surface area contributed by atoms with Crippen molar-refractivity contribution in [3.63, 3.8) is 0 Å². The Morgan fingerprint density at radius 1 is 1.35 bits per heavy atom. The minimum Gasteiger partial charge on any atom is -0.484 e. The normalized spacial score (nSPS) is 17.6. The number of Topliss-reactive ketones (excluding diaryl/α,β-unsaturated/α-hetero) is 1. The molecule has 1 atom stereocenters. The van der Waals surface area contributed by atoms with Crippen LogP contribution in [0.3, 0.4) is 0 Å². The van der Waals surface area contributed by atoms with Crippen LogP contribution in [0.1, 0.15) is 23.7 Å². The highest BCUT2D eigenvalue weighted by Crippen LogP contribution is 2.14. The van der Waals surface area contributed by atoms with Gasteiger partial charge < -0.3 is 20.1 Å². The predicted octanol–water partition coefficient (Wildman–Crippen LogP) is -0.0226. The largest absolute Gasteiger partial charge is 0.484 e. The maximum Gasteiger partial charge on any atom is 0.261 e. The molecule has 1 saturated heterocycles. The smallest absolute Gasteiger partial charge is 0.261 e. The van der Waals surface area contributed by atoms with Gasteiger partial charge in [0, 0.05) is 25.3 Å². The third-order valence-corrected chi connectivity index (χ3v) is 3.68. The van der Waals surface area contributed by atoms with E-state index in [1.165, 1.54) is 11.8 Å². The van der Waals surface area contributed by atoms with E-state index in [9.17, 15) is 14.4 Å². The van der Waals surface area contributed by atoms with E-state index in [-0.39, 0.29) is 37.2 Å². The molecule has 0 aliphatic carbocycles. The molecule has 1 aromatic rings. The third-order valence-electron chi connectivity index (χ3n) is 3.68. The highest BCUT2D eigenvalue weighted by Gasteiger charge is 2.32. The van der Waals surface area contributed by atoms with Gasteiger partial charge in [0.15, 0.2) is 12.4 Å². The fraction of sp³-hybridized carbons (Fsp3) is 0.438. The highest BCUT2D eigenvalue weighted by molar-refractivity contribution is 5.94. The van der Waals surface area contributed by atoms with E-state index in [4.69, 9.17) is 9.84 Å². The maximum absolute atomic E-state index is 12.3. The molecule has 1 heterocycles. The van der Waals surface area contributed by atoms with E-state index >= 15 is 0 Å². The van der Waals surface area contributed by atoms with Crippen LogP contribution in [-0.2, 0) is 9.59 Å². The van der Waals surface area contributed by atoms with Crippen molar-refractivity contribution in [3.05, 3.63) is 29.8 Å². The van der Waals surface area contributed by atoms with Gasteiger partial charge in [-0.1, -0.05) is 0 Å². The highest BCUT2D eigenvalue weighted by atomic mass is 16.5. The molecule has 7 heteroatoms. The molecule has 1 aliphatic rings. The second-order valence-electron chi connectivity index (χ2n) is 5.28. The summed E-state index contributed by atoms with van der Waals surface area (Å²) in [6, 6.07) is 5.84. The first kappa shape index (κ1) is 17.0. The van der Waals surface area contributed by atoms with Gasteiger partial charge in [0.2, 0.25) is 5.91 Å². The minimum absolute atomic E-state index is 0.0428. The summed E-state index contributed by atoms with van der Waals surface area (Å²) in [5, 5.41) is 11.7. The Hall–Kier alpha value is -2.41. The van der Waals surface area contributed by atoms with Crippen LogP contribution in [-0.4, -0.2) is 59.9 Å². The van der Waals surface area contributed by atoms with Crippen LogP contribution in [0.5, 0.6) is 5.75 Å². The molecule has 124 valence electrons. The lowest BCUT2D eigenvalue weighted by molar-refractivity contribution is -0.145. The van der Waals surface area contributed by atoms with Crippen LogP contribution < -0.4 is 10.1 Å². The lowest BCUT2D eigenvalue weighted by atomic mass is 10.1. The first-order valence-corrected chi connectivity index (χ1v) is 7.44. The molecule has 7 nitrogen and oxygen atoms in total. The first-order chi connectivity index (χ1) is 11.0. The summed E-state index contributed by atoms with van der Waals surface area (Å²) in [6.45, 7) is 1.88. The molecule has 0 bridgehead atoms. The van der Waals surface area contributed by atoms with Crippen molar-refractivity contribution in [2.75, 3.05) is 26.3 Å². The van der Waals surface area contributed by atoms with Gasteiger partial charge in [-0.05, 0) is 37.6 Å². The Morgan fingerprint density at radius 3 is 2.65 bits per heavy atom. The molecule has 0 saturated carbocycles. The average molecular weight is 320 g/mol. The summed E-state index contributed by atoms with van der Waals surface area (Å²) >= 11 is 0. The number of amides is 2. The minimum atomic E-state index is -0.662. The Balaban J connectivity index is 1.95. The molecular formula is C16H20N2O5. The lowest BCUT2D eigenvalue weighted by Gasteiger charge is -2.34. The van der Waals surface area contributed by atoms with Gasteiger partial charge in [0.25, 0.3) is 5.91 Å². The number of nitrogens with zero attached hydrogens (tertiary/aromatic N) is 1. The molecule has 2 rings (SSSR count). The number of aliphatic hydroxyl groups excluding tert-OH is 1. The van der Waals surface area contributed by atoms with Gasteiger partial charge in [-0.3, -0.25) is 14.4 Å². The fourth-order valence-corrected chi connectivity index (χ4v) is 2.44. The predicted molar refractivity (Wildman–Crippen MR) is 82.2 cm³/mol. The fourth-order valence-electron chi connectivity index (χ4n) is 2.44. The Bertz CT molecular complexity index is 585. The van der Waals surface area contributed by atoms with Gasteiger partial charge in [-0.15, -0.1) is 0 Å². The summed E-state index contributed by atoms with van der Waals surface area (Å²) in [5.74, 6) is -0.138. The topological polar surface area (TPSA) is 95.9 Å². The number of piperazine rings is 1. The maximum atomic E-state index is 12.3. The number of benzene rings is 1. The zero-order valence-electron chi connectivity index (χ0n) is 12.9.